The van der Waals surface area contributed by atoms with Crippen molar-refractivity contribution in [1.29, 1.82) is 0 Å². The number of esters is 1. The third-order valence-corrected chi connectivity index (χ3v) is 5.31. The topological polar surface area (TPSA) is 129 Å². The van der Waals surface area contributed by atoms with Gasteiger partial charge >= 0.3 is 17.7 Å². The van der Waals surface area contributed by atoms with E-state index < -0.39 is 23.0 Å². The van der Waals surface area contributed by atoms with Gasteiger partial charge in [-0.05, 0) is 37.5 Å². The number of hydrogen-bond acceptors (Lipinski definition) is 7. The summed E-state index contributed by atoms with van der Waals surface area (Å²) in [5, 5.41) is 17.2. The van der Waals surface area contributed by atoms with Crippen molar-refractivity contribution < 1.29 is 28.7 Å². The predicted octanol–water partition coefficient (Wildman–Crippen LogP) is 4.07. The fourth-order valence-electron chi connectivity index (χ4n) is 3.64. The van der Waals surface area contributed by atoms with Crippen LogP contribution in [0.1, 0.15) is 43.0 Å². The molecule has 34 heavy (non-hydrogen) atoms. The van der Waals surface area contributed by atoms with Crippen LogP contribution in [0.4, 0.5) is 10.5 Å². The van der Waals surface area contributed by atoms with Crippen LogP contribution in [-0.2, 0) is 16.1 Å². The van der Waals surface area contributed by atoms with Crippen LogP contribution < -0.4 is 20.1 Å². The summed E-state index contributed by atoms with van der Waals surface area (Å²) in [5.41, 5.74) is 2.40. The molecule has 0 radical (unpaired) electrons. The molecular formula is C24H27N3O7. The fourth-order valence-corrected chi connectivity index (χ4v) is 3.64. The molecule has 10 nitrogen and oxygen atoms in total. The Morgan fingerprint density at radius 1 is 1.18 bits per heavy atom. The highest BCUT2D eigenvalue weighted by Gasteiger charge is 2.35. The molecule has 0 saturated carbocycles. The van der Waals surface area contributed by atoms with Crippen molar-refractivity contribution in [3.63, 3.8) is 0 Å². The predicted molar refractivity (Wildman–Crippen MR) is 124 cm³/mol. The third-order valence-electron chi connectivity index (χ3n) is 5.31. The smallest absolute Gasteiger partial charge is 0.338 e. The summed E-state index contributed by atoms with van der Waals surface area (Å²) in [6.45, 7) is 5.63. The Morgan fingerprint density at radius 2 is 1.88 bits per heavy atom. The van der Waals surface area contributed by atoms with Crippen LogP contribution in [0.2, 0.25) is 0 Å². The molecule has 0 bridgehead atoms. The first-order valence-corrected chi connectivity index (χ1v) is 10.8. The monoisotopic (exact) mass is 469 g/mol. The lowest BCUT2D eigenvalue weighted by atomic mass is 9.93. The average molecular weight is 469 g/mol. The van der Waals surface area contributed by atoms with E-state index in [0.717, 1.165) is 11.1 Å². The Kier molecular flexibility index (Phi) is 7.72. The molecule has 2 amide bonds. The molecule has 2 aromatic rings. The number of ether oxygens (including phenoxy) is 3. The van der Waals surface area contributed by atoms with Crippen LogP contribution in [0.3, 0.4) is 0 Å². The van der Waals surface area contributed by atoms with Gasteiger partial charge in [0.05, 0.1) is 30.3 Å². The number of urea groups is 1. The van der Waals surface area contributed by atoms with Crippen molar-refractivity contribution in [2.75, 3.05) is 13.7 Å². The van der Waals surface area contributed by atoms with Crippen molar-refractivity contribution in [3.05, 3.63) is 74.5 Å². The summed E-state index contributed by atoms with van der Waals surface area (Å²) in [4.78, 5) is 36.3. The molecule has 1 atom stereocenters. The van der Waals surface area contributed by atoms with Crippen molar-refractivity contribution in [3.8, 4) is 11.5 Å². The maximum Gasteiger partial charge on any atom is 0.338 e. The van der Waals surface area contributed by atoms with Gasteiger partial charge in [0, 0.05) is 11.8 Å². The maximum atomic E-state index is 12.7. The molecule has 1 aliphatic heterocycles. The lowest BCUT2D eigenvalue weighted by Crippen LogP contribution is -2.45. The molecule has 0 aromatic heterocycles. The summed E-state index contributed by atoms with van der Waals surface area (Å²) < 4.78 is 16.4. The number of amides is 2. The fraction of sp³-hybridized carbons (Fsp3) is 0.333. The number of nitrogens with zero attached hydrogens (tertiary/aromatic N) is 1. The Balaban J connectivity index is 2.06. The van der Waals surface area contributed by atoms with Crippen LogP contribution in [0.5, 0.6) is 11.5 Å². The summed E-state index contributed by atoms with van der Waals surface area (Å²) in [7, 11) is 1.36. The second kappa shape index (κ2) is 10.7. The number of carbonyl (C=O) groups is 2. The van der Waals surface area contributed by atoms with E-state index in [4.69, 9.17) is 14.2 Å². The largest absolute Gasteiger partial charge is 0.493 e. The molecule has 0 saturated heterocycles. The van der Waals surface area contributed by atoms with Gasteiger partial charge in [-0.1, -0.05) is 36.8 Å². The minimum Gasteiger partial charge on any atom is -0.493 e. The first-order valence-electron chi connectivity index (χ1n) is 10.8. The second-order valence-corrected chi connectivity index (χ2v) is 7.60. The van der Waals surface area contributed by atoms with E-state index >= 15 is 0 Å². The molecule has 2 aromatic carbocycles. The van der Waals surface area contributed by atoms with Gasteiger partial charge in [0.25, 0.3) is 0 Å². The van der Waals surface area contributed by atoms with Crippen LogP contribution in [-0.4, -0.2) is 30.6 Å². The zero-order valence-electron chi connectivity index (χ0n) is 19.5. The van der Waals surface area contributed by atoms with Gasteiger partial charge in [-0.25, -0.2) is 9.59 Å². The SMILES string of the molecule is CCOC(=O)C1=C(CC)NC(=O)NC1c1cc(OC)c(OCc2ccc(C)cc2)c([N+](=O)[O-])c1. The molecular weight excluding hydrogens is 442 g/mol. The van der Waals surface area contributed by atoms with Crippen LogP contribution in [0.25, 0.3) is 0 Å². The van der Waals surface area contributed by atoms with Gasteiger partial charge in [-0.15, -0.1) is 0 Å². The first kappa shape index (κ1) is 24.6. The first-order chi connectivity index (χ1) is 16.3. The van der Waals surface area contributed by atoms with E-state index in [1.807, 2.05) is 31.2 Å². The van der Waals surface area contributed by atoms with E-state index in [1.54, 1.807) is 13.8 Å². The number of methoxy groups -OCH3 is 1. The number of aryl methyl sites for hydroxylation is 1. The molecule has 1 heterocycles. The Bertz CT molecular complexity index is 1130. The van der Waals surface area contributed by atoms with Crippen molar-refractivity contribution in [2.24, 2.45) is 0 Å². The molecule has 180 valence electrons. The summed E-state index contributed by atoms with van der Waals surface area (Å²) >= 11 is 0. The third kappa shape index (κ3) is 5.28. The van der Waals surface area contributed by atoms with E-state index in [1.165, 1.54) is 19.2 Å². The Morgan fingerprint density at radius 3 is 2.47 bits per heavy atom. The van der Waals surface area contributed by atoms with Crippen LogP contribution >= 0.6 is 0 Å². The van der Waals surface area contributed by atoms with E-state index in [2.05, 4.69) is 10.6 Å². The minimum absolute atomic E-state index is 0.0468. The van der Waals surface area contributed by atoms with Gasteiger partial charge < -0.3 is 24.8 Å². The highest BCUT2D eigenvalue weighted by molar-refractivity contribution is 5.95. The lowest BCUT2D eigenvalue weighted by molar-refractivity contribution is -0.386. The Labute approximate surface area is 197 Å². The summed E-state index contributed by atoms with van der Waals surface area (Å²) in [6.07, 6.45) is 0.356. The van der Waals surface area contributed by atoms with Gasteiger partial charge in [0.2, 0.25) is 5.75 Å². The number of rotatable bonds is 9. The van der Waals surface area contributed by atoms with Crippen LogP contribution in [0, 0.1) is 17.0 Å². The van der Waals surface area contributed by atoms with Gasteiger partial charge in [0.1, 0.15) is 6.61 Å². The zero-order chi connectivity index (χ0) is 24.8. The standard InChI is InChI=1S/C24H27N3O7/c1-5-17-20(23(28)33-6-2)21(26-24(29)25-17)16-11-18(27(30)31)22(19(12-16)32-4)34-13-15-9-7-14(3)8-10-15/h7-12,21H,5-6,13H2,1-4H3,(H2,25,26,29). The van der Waals surface area contributed by atoms with Gasteiger partial charge in [-0.2, -0.15) is 0 Å². The number of allylic oxidation sites excluding steroid dienone is 1. The zero-order valence-corrected chi connectivity index (χ0v) is 19.5. The molecule has 1 aliphatic rings. The van der Waals surface area contributed by atoms with Crippen LogP contribution in [0.15, 0.2) is 47.7 Å². The van der Waals surface area contributed by atoms with E-state index in [0.29, 0.717) is 12.1 Å². The average Bonchev–Trinajstić information content (AvgIpc) is 2.82. The number of nitro benzene ring substituents is 1. The number of benzene rings is 2. The van der Waals surface area contributed by atoms with Gasteiger partial charge in [0.15, 0.2) is 5.75 Å². The van der Waals surface area contributed by atoms with Gasteiger partial charge in [-0.3, -0.25) is 10.1 Å². The number of carbonyl (C=O) groups excluding carboxylic acids is 2. The normalized spacial score (nSPS) is 15.3. The molecule has 2 N–H and O–H groups in total. The highest BCUT2D eigenvalue weighted by Crippen LogP contribution is 2.42. The van der Waals surface area contributed by atoms with Crippen molar-refractivity contribution in [2.45, 2.75) is 39.8 Å². The quantitative estimate of drug-likeness (QED) is 0.322. The molecule has 0 aliphatic carbocycles. The summed E-state index contributed by atoms with van der Waals surface area (Å²) in [5.74, 6) is -0.571. The maximum absolute atomic E-state index is 12.7. The van der Waals surface area contributed by atoms with Crippen molar-refractivity contribution in [1.82, 2.24) is 10.6 Å². The number of nitro groups is 1. The molecule has 1 unspecified atom stereocenters. The number of hydrogen-bond donors (Lipinski definition) is 2. The minimum atomic E-state index is -0.971. The summed E-state index contributed by atoms with van der Waals surface area (Å²) in [6, 6.07) is 8.86. The van der Waals surface area contributed by atoms with Crippen molar-refractivity contribution >= 4 is 17.7 Å². The molecule has 0 spiro atoms. The second-order valence-electron chi connectivity index (χ2n) is 7.60. The highest BCUT2D eigenvalue weighted by atomic mass is 16.6. The molecule has 10 heteroatoms. The van der Waals surface area contributed by atoms with E-state index in [-0.39, 0.29) is 41.5 Å². The Hall–Kier alpha value is -4.08. The molecule has 3 rings (SSSR count). The molecule has 0 fully saturated rings. The van der Waals surface area contributed by atoms with E-state index in [9.17, 15) is 19.7 Å². The number of nitrogens with one attached hydrogen (secondary N) is 2. The lowest BCUT2D eigenvalue weighted by Gasteiger charge is -2.29.